The first kappa shape index (κ1) is 16.1. The molecule has 1 heterocycles. The van der Waals surface area contributed by atoms with Crippen molar-refractivity contribution in [1.29, 1.82) is 0 Å². The summed E-state index contributed by atoms with van der Waals surface area (Å²) in [6.07, 6.45) is 3.00. The highest BCUT2D eigenvalue weighted by Crippen LogP contribution is 2.49. The average Bonchev–Trinajstić information content (AvgIpc) is 3.13. The van der Waals surface area contributed by atoms with Crippen molar-refractivity contribution >= 4 is 29.1 Å². The number of rotatable bonds is 5. The van der Waals surface area contributed by atoms with Crippen LogP contribution in [0, 0.1) is 5.92 Å². The number of nitrogens with one attached hydrogen (secondary N) is 1. The molecule has 1 aromatic carbocycles. The molecule has 22 heavy (non-hydrogen) atoms. The van der Waals surface area contributed by atoms with E-state index >= 15 is 0 Å². The molecule has 3 rings (SSSR count). The summed E-state index contributed by atoms with van der Waals surface area (Å²) in [7, 11) is 0. The second-order valence-electron chi connectivity index (χ2n) is 6.30. The quantitative estimate of drug-likeness (QED) is 0.886. The minimum absolute atomic E-state index is 0.115. The molecule has 3 unspecified atom stereocenters. The fourth-order valence-corrected chi connectivity index (χ4v) is 3.72. The number of carbonyl (C=O) groups excluding carboxylic acids is 1. The summed E-state index contributed by atoms with van der Waals surface area (Å²) >= 11 is 12.1. The molecule has 1 aliphatic carbocycles. The lowest BCUT2D eigenvalue weighted by molar-refractivity contribution is -0.134. The molecule has 1 aromatic rings. The van der Waals surface area contributed by atoms with Crippen molar-refractivity contribution in [2.75, 3.05) is 19.6 Å². The van der Waals surface area contributed by atoms with Crippen LogP contribution in [0.5, 0.6) is 0 Å². The molecule has 3 atom stereocenters. The van der Waals surface area contributed by atoms with Gasteiger partial charge < -0.3 is 10.2 Å². The Balaban J connectivity index is 1.68. The van der Waals surface area contributed by atoms with Crippen LogP contribution in [0.4, 0.5) is 0 Å². The van der Waals surface area contributed by atoms with E-state index in [4.69, 9.17) is 23.2 Å². The summed E-state index contributed by atoms with van der Waals surface area (Å²) in [4.78, 5) is 15.0. The lowest BCUT2D eigenvalue weighted by atomic mass is 10.1. The SMILES string of the molecule is CCCN(C(=O)C1CC1c1ccc(Cl)c(Cl)c1)C1CCNC1. The molecule has 1 N–H and O–H groups in total. The molecule has 3 nitrogen and oxygen atoms in total. The van der Waals surface area contributed by atoms with Crippen LogP contribution in [-0.4, -0.2) is 36.5 Å². The molecule has 5 heteroatoms. The van der Waals surface area contributed by atoms with Crippen molar-refractivity contribution in [3.05, 3.63) is 33.8 Å². The number of halogens is 2. The zero-order valence-electron chi connectivity index (χ0n) is 12.8. The number of amides is 1. The zero-order chi connectivity index (χ0) is 15.7. The van der Waals surface area contributed by atoms with Gasteiger partial charge in [0, 0.05) is 25.0 Å². The maximum atomic E-state index is 12.9. The minimum Gasteiger partial charge on any atom is -0.338 e. The van der Waals surface area contributed by atoms with E-state index in [1.807, 2.05) is 18.2 Å². The molecule has 1 saturated heterocycles. The first-order chi connectivity index (χ1) is 10.6. The van der Waals surface area contributed by atoms with Crippen molar-refractivity contribution in [2.45, 2.75) is 38.1 Å². The maximum absolute atomic E-state index is 12.9. The normalized spacial score (nSPS) is 27.0. The van der Waals surface area contributed by atoms with Gasteiger partial charge in [-0.3, -0.25) is 4.79 Å². The maximum Gasteiger partial charge on any atom is 0.226 e. The molecule has 0 aromatic heterocycles. The number of hydrogen-bond acceptors (Lipinski definition) is 2. The van der Waals surface area contributed by atoms with E-state index in [2.05, 4.69) is 17.1 Å². The highest BCUT2D eigenvalue weighted by molar-refractivity contribution is 6.42. The molecular formula is C17H22Cl2N2O. The Labute approximate surface area is 142 Å². The van der Waals surface area contributed by atoms with Gasteiger partial charge in [0.1, 0.15) is 0 Å². The fraction of sp³-hybridized carbons (Fsp3) is 0.588. The number of hydrogen-bond donors (Lipinski definition) is 1. The fourth-order valence-electron chi connectivity index (χ4n) is 3.41. The van der Waals surface area contributed by atoms with Crippen LogP contribution in [0.25, 0.3) is 0 Å². The Bertz CT molecular complexity index is 558. The van der Waals surface area contributed by atoms with Gasteiger partial charge in [0.25, 0.3) is 0 Å². The molecule has 1 amide bonds. The zero-order valence-corrected chi connectivity index (χ0v) is 14.3. The Morgan fingerprint density at radius 2 is 2.18 bits per heavy atom. The third-order valence-corrected chi connectivity index (χ3v) is 5.44. The highest BCUT2D eigenvalue weighted by atomic mass is 35.5. The van der Waals surface area contributed by atoms with E-state index < -0.39 is 0 Å². The van der Waals surface area contributed by atoms with E-state index in [0.717, 1.165) is 44.5 Å². The average molecular weight is 341 g/mol. The summed E-state index contributed by atoms with van der Waals surface area (Å²) in [6, 6.07) is 6.09. The van der Waals surface area contributed by atoms with Crippen LogP contribution in [-0.2, 0) is 4.79 Å². The van der Waals surface area contributed by atoms with E-state index in [1.54, 1.807) is 0 Å². The Kier molecular flexibility index (Phi) is 4.96. The first-order valence-corrected chi connectivity index (χ1v) is 8.83. The summed E-state index contributed by atoms with van der Waals surface area (Å²) in [6.45, 7) is 4.93. The van der Waals surface area contributed by atoms with Crippen molar-refractivity contribution in [1.82, 2.24) is 10.2 Å². The summed E-state index contributed by atoms with van der Waals surface area (Å²) in [5.74, 6) is 0.729. The monoisotopic (exact) mass is 340 g/mol. The molecule has 120 valence electrons. The third-order valence-electron chi connectivity index (χ3n) is 4.70. The second-order valence-corrected chi connectivity index (χ2v) is 7.11. The van der Waals surface area contributed by atoms with Crippen molar-refractivity contribution < 1.29 is 4.79 Å². The minimum atomic E-state index is 0.115. The second kappa shape index (κ2) is 6.77. The molecule has 0 spiro atoms. The van der Waals surface area contributed by atoms with Crippen LogP contribution in [0.15, 0.2) is 18.2 Å². The lowest BCUT2D eigenvalue weighted by Crippen LogP contribution is -2.43. The summed E-state index contributed by atoms with van der Waals surface area (Å²) in [5.41, 5.74) is 1.13. The van der Waals surface area contributed by atoms with Gasteiger partial charge in [0.15, 0.2) is 0 Å². The van der Waals surface area contributed by atoms with Crippen molar-refractivity contribution in [3.8, 4) is 0 Å². The van der Waals surface area contributed by atoms with Crippen LogP contribution in [0.2, 0.25) is 10.0 Å². The first-order valence-electron chi connectivity index (χ1n) is 8.08. The molecule has 2 aliphatic rings. The number of nitrogens with zero attached hydrogens (tertiary/aromatic N) is 1. The van der Waals surface area contributed by atoms with E-state index in [-0.39, 0.29) is 5.92 Å². The van der Waals surface area contributed by atoms with Gasteiger partial charge in [-0.15, -0.1) is 0 Å². The largest absolute Gasteiger partial charge is 0.338 e. The van der Waals surface area contributed by atoms with Gasteiger partial charge in [-0.2, -0.15) is 0 Å². The van der Waals surface area contributed by atoms with Crippen molar-refractivity contribution in [3.63, 3.8) is 0 Å². The van der Waals surface area contributed by atoms with Crippen LogP contribution >= 0.6 is 23.2 Å². The Morgan fingerprint density at radius 3 is 2.82 bits per heavy atom. The molecule has 0 bridgehead atoms. The van der Waals surface area contributed by atoms with Crippen molar-refractivity contribution in [2.24, 2.45) is 5.92 Å². The summed E-state index contributed by atoms with van der Waals surface area (Å²) in [5, 5.41) is 4.50. The molecular weight excluding hydrogens is 319 g/mol. The lowest BCUT2D eigenvalue weighted by Gasteiger charge is -2.28. The molecule has 1 aliphatic heterocycles. The smallest absolute Gasteiger partial charge is 0.226 e. The van der Waals surface area contributed by atoms with Crippen LogP contribution in [0.1, 0.15) is 37.7 Å². The number of benzene rings is 1. The third kappa shape index (κ3) is 3.27. The van der Waals surface area contributed by atoms with E-state index in [1.165, 1.54) is 0 Å². The Hall–Kier alpha value is -0.770. The predicted molar refractivity (Wildman–Crippen MR) is 90.6 cm³/mol. The van der Waals surface area contributed by atoms with Gasteiger partial charge in [-0.25, -0.2) is 0 Å². The van der Waals surface area contributed by atoms with E-state index in [9.17, 15) is 4.79 Å². The van der Waals surface area contributed by atoms with Gasteiger partial charge in [-0.1, -0.05) is 36.2 Å². The molecule has 1 saturated carbocycles. The Morgan fingerprint density at radius 1 is 1.36 bits per heavy atom. The van der Waals surface area contributed by atoms with Crippen LogP contribution in [0.3, 0.4) is 0 Å². The van der Waals surface area contributed by atoms with Gasteiger partial charge in [0.2, 0.25) is 5.91 Å². The van der Waals surface area contributed by atoms with Gasteiger partial charge >= 0.3 is 0 Å². The highest BCUT2D eigenvalue weighted by Gasteiger charge is 2.47. The topological polar surface area (TPSA) is 32.3 Å². The van der Waals surface area contributed by atoms with E-state index in [0.29, 0.717) is 27.9 Å². The predicted octanol–water partition coefficient (Wildman–Crippen LogP) is 3.70. The molecule has 0 radical (unpaired) electrons. The van der Waals surface area contributed by atoms with Crippen LogP contribution < -0.4 is 5.32 Å². The van der Waals surface area contributed by atoms with Gasteiger partial charge in [0.05, 0.1) is 10.0 Å². The standard InChI is InChI=1S/C17H22Cl2N2O/c1-2-7-21(12-5-6-20-10-12)17(22)14-9-13(14)11-3-4-15(18)16(19)8-11/h3-4,8,12-14,20H,2,5-7,9-10H2,1H3. The van der Waals surface area contributed by atoms with Gasteiger partial charge in [-0.05, 0) is 49.4 Å². The summed E-state index contributed by atoms with van der Waals surface area (Å²) < 4.78 is 0. The molecule has 2 fully saturated rings. The number of carbonyl (C=O) groups is 1.